The Labute approximate surface area is 92.3 Å². The molecule has 0 amide bonds. The minimum Gasteiger partial charge on any atom is -0.427 e. The number of nitrogens with one attached hydrogen (secondary N) is 1. The van der Waals surface area contributed by atoms with E-state index in [-0.39, 0.29) is 0 Å². The molecular formula is C11H23NO3. The van der Waals surface area contributed by atoms with Crippen LogP contribution in [0.3, 0.4) is 0 Å². The van der Waals surface area contributed by atoms with Crippen molar-refractivity contribution in [3.63, 3.8) is 0 Å². The van der Waals surface area contributed by atoms with Crippen LogP contribution in [0.2, 0.25) is 0 Å². The quantitative estimate of drug-likeness (QED) is 0.422. The molecule has 0 bridgehead atoms. The molecule has 90 valence electrons. The molecule has 0 saturated heterocycles. The lowest BCUT2D eigenvalue weighted by Crippen LogP contribution is -2.29. The van der Waals surface area contributed by atoms with Crippen LogP contribution < -0.4 is 5.48 Å². The van der Waals surface area contributed by atoms with E-state index in [1.165, 1.54) is 12.8 Å². The third-order valence-electron chi connectivity index (χ3n) is 1.68. The van der Waals surface area contributed by atoms with Crippen LogP contribution in [0.25, 0.3) is 0 Å². The first kappa shape index (κ1) is 14.2. The lowest BCUT2D eigenvalue weighted by atomic mass is 10.2. The molecule has 0 saturated carbocycles. The van der Waals surface area contributed by atoms with Crippen LogP contribution in [0.5, 0.6) is 0 Å². The van der Waals surface area contributed by atoms with Crippen LogP contribution in [0, 0.1) is 0 Å². The van der Waals surface area contributed by atoms with Crippen molar-refractivity contribution in [3.05, 3.63) is 0 Å². The topological polar surface area (TPSA) is 47.6 Å². The van der Waals surface area contributed by atoms with Crippen LogP contribution in [-0.2, 0) is 9.57 Å². The third-order valence-corrected chi connectivity index (χ3v) is 1.68. The van der Waals surface area contributed by atoms with Gasteiger partial charge in [-0.3, -0.25) is 0 Å². The van der Waals surface area contributed by atoms with Crippen LogP contribution in [0.4, 0.5) is 4.79 Å². The van der Waals surface area contributed by atoms with Gasteiger partial charge in [-0.15, -0.1) is 5.48 Å². The molecule has 0 fully saturated rings. The molecule has 1 N–H and O–H groups in total. The molecule has 0 aromatic rings. The molecule has 0 aliphatic rings. The van der Waals surface area contributed by atoms with E-state index in [1.807, 2.05) is 0 Å². The minimum absolute atomic E-state index is 0.499. The van der Waals surface area contributed by atoms with Gasteiger partial charge in [-0.1, -0.05) is 26.2 Å². The zero-order chi connectivity index (χ0) is 11.7. The fourth-order valence-corrected chi connectivity index (χ4v) is 1.00. The number of unbranched alkanes of at least 4 members (excludes halogenated alkanes) is 3. The van der Waals surface area contributed by atoms with Gasteiger partial charge < -0.3 is 9.57 Å². The Kier molecular flexibility index (Phi) is 7.13. The molecule has 0 aliphatic carbocycles. The van der Waals surface area contributed by atoms with Gasteiger partial charge in [-0.05, 0) is 27.2 Å². The summed E-state index contributed by atoms with van der Waals surface area (Å²) in [7, 11) is 0. The normalized spacial score (nSPS) is 11.2. The first-order valence-corrected chi connectivity index (χ1v) is 5.58. The maximum Gasteiger partial charge on any atom is 0.528 e. The first-order chi connectivity index (χ1) is 6.95. The van der Waals surface area contributed by atoms with Crippen molar-refractivity contribution >= 4 is 6.16 Å². The SMILES string of the molecule is CCCCCCNOC(=O)OC(C)(C)C. The van der Waals surface area contributed by atoms with Crippen molar-refractivity contribution < 1.29 is 14.4 Å². The predicted molar refractivity (Wildman–Crippen MR) is 59.5 cm³/mol. The lowest BCUT2D eigenvalue weighted by molar-refractivity contribution is -0.0320. The van der Waals surface area contributed by atoms with Crippen LogP contribution >= 0.6 is 0 Å². The summed E-state index contributed by atoms with van der Waals surface area (Å²) in [5, 5.41) is 0. The monoisotopic (exact) mass is 217 g/mol. The van der Waals surface area contributed by atoms with Crippen molar-refractivity contribution in [1.29, 1.82) is 0 Å². The van der Waals surface area contributed by atoms with E-state index in [0.717, 1.165) is 12.8 Å². The smallest absolute Gasteiger partial charge is 0.427 e. The fourth-order valence-electron chi connectivity index (χ4n) is 1.00. The second-order valence-electron chi connectivity index (χ2n) is 4.52. The molecule has 4 heteroatoms. The second-order valence-corrected chi connectivity index (χ2v) is 4.52. The molecule has 0 spiro atoms. The number of hydrogen-bond acceptors (Lipinski definition) is 4. The Morgan fingerprint density at radius 1 is 1.20 bits per heavy atom. The maximum atomic E-state index is 11.0. The highest BCUT2D eigenvalue weighted by Gasteiger charge is 2.17. The summed E-state index contributed by atoms with van der Waals surface area (Å²) in [6.07, 6.45) is 3.91. The zero-order valence-corrected chi connectivity index (χ0v) is 10.3. The summed E-state index contributed by atoms with van der Waals surface area (Å²) >= 11 is 0. The van der Waals surface area contributed by atoms with Gasteiger partial charge in [-0.2, -0.15) is 0 Å². The van der Waals surface area contributed by atoms with Crippen LogP contribution in [0.1, 0.15) is 53.4 Å². The molecule has 0 atom stereocenters. The van der Waals surface area contributed by atoms with Gasteiger partial charge in [0.1, 0.15) is 5.60 Å². The summed E-state index contributed by atoms with van der Waals surface area (Å²) in [6, 6.07) is 0. The summed E-state index contributed by atoms with van der Waals surface area (Å²) < 4.78 is 4.94. The molecule has 0 aliphatic heterocycles. The molecular weight excluding hydrogens is 194 g/mol. The Bertz CT molecular complexity index is 175. The van der Waals surface area contributed by atoms with Gasteiger partial charge in [-0.25, -0.2) is 4.79 Å². The van der Waals surface area contributed by atoms with E-state index in [9.17, 15) is 4.79 Å². The van der Waals surface area contributed by atoms with Gasteiger partial charge >= 0.3 is 6.16 Å². The van der Waals surface area contributed by atoms with E-state index in [1.54, 1.807) is 20.8 Å². The number of rotatable bonds is 6. The van der Waals surface area contributed by atoms with Gasteiger partial charge in [0.25, 0.3) is 0 Å². The number of hydrogen-bond donors (Lipinski definition) is 1. The van der Waals surface area contributed by atoms with Crippen molar-refractivity contribution in [1.82, 2.24) is 5.48 Å². The Hall–Kier alpha value is -0.770. The fraction of sp³-hybridized carbons (Fsp3) is 0.909. The van der Waals surface area contributed by atoms with Gasteiger partial charge in [0.05, 0.1) is 0 Å². The number of hydroxylamine groups is 1. The predicted octanol–water partition coefficient (Wildman–Crippen LogP) is 3.02. The van der Waals surface area contributed by atoms with Gasteiger partial charge in [0, 0.05) is 6.54 Å². The van der Waals surface area contributed by atoms with E-state index < -0.39 is 11.8 Å². The Morgan fingerprint density at radius 3 is 2.40 bits per heavy atom. The molecule has 15 heavy (non-hydrogen) atoms. The van der Waals surface area contributed by atoms with Crippen molar-refractivity contribution in [2.45, 2.75) is 59.0 Å². The van der Waals surface area contributed by atoms with Gasteiger partial charge in [0.15, 0.2) is 0 Å². The molecule has 0 radical (unpaired) electrons. The number of carbonyl (C=O) groups excluding carboxylic acids is 1. The average molecular weight is 217 g/mol. The van der Waals surface area contributed by atoms with Crippen LogP contribution in [-0.4, -0.2) is 18.3 Å². The molecule has 0 rings (SSSR count). The van der Waals surface area contributed by atoms with Crippen LogP contribution in [0.15, 0.2) is 0 Å². The Balaban J connectivity index is 3.32. The first-order valence-electron chi connectivity index (χ1n) is 5.58. The summed E-state index contributed by atoms with van der Waals surface area (Å²) in [6.45, 7) is 8.24. The van der Waals surface area contributed by atoms with Crippen molar-refractivity contribution in [2.75, 3.05) is 6.54 Å². The highest BCUT2D eigenvalue weighted by atomic mass is 16.8. The van der Waals surface area contributed by atoms with Crippen molar-refractivity contribution in [3.8, 4) is 0 Å². The highest BCUT2D eigenvalue weighted by molar-refractivity contribution is 5.60. The zero-order valence-electron chi connectivity index (χ0n) is 10.3. The van der Waals surface area contributed by atoms with E-state index >= 15 is 0 Å². The van der Waals surface area contributed by atoms with Crippen molar-refractivity contribution in [2.24, 2.45) is 0 Å². The highest BCUT2D eigenvalue weighted by Crippen LogP contribution is 2.07. The molecule has 0 aromatic heterocycles. The third kappa shape index (κ3) is 11.2. The largest absolute Gasteiger partial charge is 0.528 e. The van der Waals surface area contributed by atoms with E-state index in [2.05, 4.69) is 17.2 Å². The molecule has 0 aromatic carbocycles. The summed E-state index contributed by atoms with van der Waals surface area (Å²) in [4.78, 5) is 15.7. The van der Waals surface area contributed by atoms with E-state index in [4.69, 9.17) is 4.74 Å². The second kappa shape index (κ2) is 7.51. The summed E-state index contributed by atoms with van der Waals surface area (Å²) in [5.41, 5.74) is 2.09. The average Bonchev–Trinajstić information content (AvgIpc) is 2.08. The number of carbonyl (C=O) groups is 1. The lowest BCUT2D eigenvalue weighted by Gasteiger charge is -2.18. The molecule has 0 heterocycles. The van der Waals surface area contributed by atoms with Gasteiger partial charge in [0.2, 0.25) is 0 Å². The maximum absolute atomic E-state index is 11.0. The molecule has 0 unspecified atom stereocenters. The minimum atomic E-state index is -0.669. The Morgan fingerprint density at radius 2 is 1.87 bits per heavy atom. The molecule has 4 nitrogen and oxygen atoms in total. The number of ether oxygens (including phenoxy) is 1. The standard InChI is InChI=1S/C11H23NO3/c1-5-6-7-8-9-12-15-10(13)14-11(2,3)4/h12H,5-9H2,1-4H3. The summed E-state index contributed by atoms with van der Waals surface area (Å²) in [5.74, 6) is 0. The van der Waals surface area contributed by atoms with E-state index in [0.29, 0.717) is 6.54 Å².